The fourth-order valence-electron chi connectivity index (χ4n) is 4.22. The number of imidazole rings is 1. The van der Waals surface area contributed by atoms with E-state index in [0.717, 1.165) is 52.0 Å². The van der Waals surface area contributed by atoms with Gasteiger partial charge in [-0.2, -0.15) is 5.10 Å². The third-order valence-electron chi connectivity index (χ3n) is 5.76. The van der Waals surface area contributed by atoms with Crippen molar-refractivity contribution in [3.8, 4) is 0 Å². The molecule has 30 heavy (non-hydrogen) atoms. The number of aryl methyl sites for hydroxylation is 5. The van der Waals surface area contributed by atoms with Gasteiger partial charge in [0, 0.05) is 37.6 Å². The first kappa shape index (κ1) is 20.1. The molecule has 0 radical (unpaired) electrons. The monoisotopic (exact) mass is 404 g/mol. The number of carbonyl (C=O) groups is 1. The molecule has 1 aromatic carbocycles. The molecule has 7 nitrogen and oxygen atoms in total. The summed E-state index contributed by atoms with van der Waals surface area (Å²) in [7, 11) is 1.92. The van der Waals surface area contributed by atoms with Crippen LogP contribution >= 0.6 is 0 Å². The molecule has 0 saturated heterocycles. The van der Waals surface area contributed by atoms with Gasteiger partial charge < -0.3 is 9.88 Å². The van der Waals surface area contributed by atoms with Crippen LogP contribution in [0.1, 0.15) is 35.4 Å². The van der Waals surface area contributed by atoms with Crippen molar-refractivity contribution in [2.75, 3.05) is 6.54 Å². The van der Waals surface area contributed by atoms with E-state index in [2.05, 4.69) is 33.0 Å². The number of pyridine rings is 1. The molecule has 1 N–H and O–H groups in total. The molecule has 3 aromatic heterocycles. The maximum atomic E-state index is 12.4. The summed E-state index contributed by atoms with van der Waals surface area (Å²) in [6.45, 7) is 7.61. The van der Waals surface area contributed by atoms with Crippen LogP contribution in [0.3, 0.4) is 0 Å². The lowest BCUT2D eigenvalue weighted by Crippen LogP contribution is -2.25. The minimum Gasteiger partial charge on any atom is -0.356 e. The number of fused-ring (bicyclic) bond motifs is 2. The van der Waals surface area contributed by atoms with E-state index in [0.29, 0.717) is 19.4 Å². The maximum absolute atomic E-state index is 12.4. The molecule has 0 aliphatic rings. The van der Waals surface area contributed by atoms with Crippen molar-refractivity contribution in [2.45, 2.75) is 46.6 Å². The highest BCUT2D eigenvalue weighted by atomic mass is 16.1. The van der Waals surface area contributed by atoms with Gasteiger partial charge in [0.1, 0.15) is 0 Å². The summed E-state index contributed by atoms with van der Waals surface area (Å²) >= 11 is 0. The Bertz CT molecular complexity index is 1220. The second-order valence-electron chi connectivity index (χ2n) is 7.84. The van der Waals surface area contributed by atoms with Gasteiger partial charge in [-0.25, -0.2) is 9.97 Å². The number of rotatable bonds is 7. The molecule has 156 valence electrons. The lowest BCUT2D eigenvalue weighted by Gasteiger charge is -2.11. The fraction of sp³-hybridized carbons (Fsp3) is 0.391. The van der Waals surface area contributed by atoms with Crippen LogP contribution in [0.25, 0.3) is 22.1 Å². The SMILES string of the molecule is Cc1nc2c(c(C)nn2C)c(C)c1CCC(=O)NCCCn1cnc2ccccc21. The van der Waals surface area contributed by atoms with Crippen molar-refractivity contribution in [1.82, 2.24) is 29.6 Å². The standard InChI is InChI=1S/C23H28N6O/c1-15-18(16(2)26-23-22(15)17(3)27-28(23)4)10-11-21(30)24-12-7-13-29-14-25-19-8-5-6-9-20(19)29/h5-6,8-9,14H,7,10-13H2,1-4H3,(H,24,30). The average molecular weight is 405 g/mol. The number of nitrogens with zero attached hydrogens (tertiary/aromatic N) is 5. The lowest BCUT2D eigenvalue weighted by atomic mass is 9.99. The molecule has 4 rings (SSSR count). The molecule has 0 aliphatic heterocycles. The number of nitrogens with one attached hydrogen (secondary N) is 1. The zero-order valence-electron chi connectivity index (χ0n) is 18.1. The second kappa shape index (κ2) is 8.26. The maximum Gasteiger partial charge on any atom is 0.220 e. The Hall–Kier alpha value is -3.22. The number of aromatic nitrogens is 5. The molecule has 0 atom stereocenters. The second-order valence-corrected chi connectivity index (χ2v) is 7.84. The zero-order valence-corrected chi connectivity index (χ0v) is 18.1. The Kier molecular flexibility index (Phi) is 5.53. The Balaban J connectivity index is 1.31. The first-order chi connectivity index (χ1) is 14.5. The van der Waals surface area contributed by atoms with Crippen LogP contribution in [-0.4, -0.2) is 36.8 Å². The summed E-state index contributed by atoms with van der Waals surface area (Å²) in [4.78, 5) is 21.5. The molecule has 0 unspecified atom stereocenters. The van der Waals surface area contributed by atoms with Crippen molar-refractivity contribution in [3.05, 3.63) is 53.1 Å². The number of para-hydroxylation sites is 2. The highest BCUT2D eigenvalue weighted by molar-refractivity contribution is 5.84. The van der Waals surface area contributed by atoms with E-state index < -0.39 is 0 Å². The van der Waals surface area contributed by atoms with Crippen LogP contribution in [0, 0.1) is 20.8 Å². The van der Waals surface area contributed by atoms with Crippen LogP contribution in [0.15, 0.2) is 30.6 Å². The van der Waals surface area contributed by atoms with E-state index in [4.69, 9.17) is 4.98 Å². The molecule has 0 bridgehead atoms. The molecule has 0 fully saturated rings. The highest BCUT2D eigenvalue weighted by Gasteiger charge is 2.16. The first-order valence-electron chi connectivity index (χ1n) is 10.4. The molecule has 1 amide bonds. The minimum absolute atomic E-state index is 0.0762. The molecule has 3 heterocycles. The molecule has 4 aromatic rings. The predicted molar refractivity (Wildman–Crippen MR) is 118 cm³/mol. The normalized spacial score (nSPS) is 11.5. The minimum atomic E-state index is 0.0762. The van der Waals surface area contributed by atoms with Gasteiger partial charge in [-0.1, -0.05) is 12.1 Å². The number of hydrogen-bond acceptors (Lipinski definition) is 4. The van der Waals surface area contributed by atoms with Crippen molar-refractivity contribution in [1.29, 1.82) is 0 Å². The van der Waals surface area contributed by atoms with Crippen molar-refractivity contribution < 1.29 is 4.79 Å². The topological polar surface area (TPSA) is 77.6 Å². The van der Waals surface area contributed by atoms with E-state index in [-0.39, 0.29) is 5.91 Å². The molecule has 0 aliphatic carbocycles. The van der Waals surface area contributed by atoms with Crippen LogP contribution in [0.2, 0.25) is 0 Å². The van der Waals surface area contributed by atoms with Crippen LogP contribution in [0.4, 0.5) is 0 Å². The smallest absolute Gasteiger partial charge is 0.220 e. The largest absolute Gasteiger partial charge is 0.356 e. The lowest BCUT2D eigenvalue weighted by molar-refractivity contribution is -0.121. The first-order valence-corrected chi connectivity index (χ1v) is 10.4. The molecule has 0 spiro atoms. The molecular formula is C23H28N6O. The Labute approximate surface area is 176 Å². The van der Waals surface area contributed by atoms with Crippen molar-refractivity contribution in [2.24, 2.45) is 7.05 Å². The van der Waals surface area contributed by atoms with Gasteiger partial charge in [0.05, 0.1) is 23.1 Å². The van der Waals surface area contributed by atoms with Gasteiger partial charge in [0.25, 0.3) is 0 Å². The third kappa shape index (κ3) is 3.79. The number of carbonyl (C=O) groups excluding carboxylic acids is 1. The van der Waals surface area contributed by atoms with E-state index in [1.807, 2.05) is 50.1 Å². The summed E-state index contributed by atoms with van der Waals surface area (Å²) in [5.41, 5.74) is 7.33. The number of benzene rings is 1. The highest BCUT2D eigenvalue weighted by Crippen LogP contribution is 2.26. The van der Waals surface area contributed by atoms with Crippen LogP contribution < -0.4 is 5.32 Å². The van der Waals surface area contributed by atoms with E-state index in [1.165, 1.54) is 5.56 Å². The van der Waals surface area contributed by atoms with Crippen molar-refractivity contribution in [3.63, 3.8) is 0 Å². The average Bonchev–Trinajstić information content (AvgIpc) is 3.25. The van der Waals surface area contributed by atoms with E-state index in [9.17, 15) is 4.79 Å². The quantitative estimate of drug-likeness (QED) is 0.479. The van der Waals surface area contributed by atoms with Crippen LogP contribution in [0.5, 0.6) is 0 Å². The molecule has 7 heteroatoms. The summed E-state index contributed by atoms with van der Waals surface area (Å²) in [5.74, 6) is 0.0762. The van der Waals surface area contributed by atoms with Gasteiger partial charge in [-0.05, 0) is 56.9 Å². The Morgan fingerprint density at radius 1 is 1.13 bits per heavy atom. The number of hydrogen-bond donors (Lipinski definition) is 1. The summed E-state index contributed by atoms with van der Waals surface area (Å²) < 4.78 is 3.95. The summed E-state index contributed by atoms with van der Waals surface area (Å²) in [5, 5.41) is 8.64. The van der Waals surface area contributed by atoms with Gasteiger partial charge in [-0.15, -0.1) is 0 Å². The van der Waals surface area contributed by atoms with Gasteiger partial charge in [0.15, 0.2) is 5.65 Å². The number of amides is 1. The molecular weight excluding hydrogens is 376 g/mol. The fourth-order valence-corrected chi connectivity index (χ4v) is 4.22. The van der Waals surface area contributed by atoms with Crippen molar-refractivity contribution >= 4 is 28.0 Å². The van der Waals surface area contributed by atoms with Gasteiger partial charge in [0.2, 0.25) is 5.91 Å². The van der Waals surface area contributed by atoms with Gasteiger partial charge in [-0.3, -0.25) is 9.48 Å². The summed E-state index contributed by atoms with van der Waals surface area (Å²) in [6, 6.07) is 8.09. The predicted octanol–water partition coefficient (Wildman–Crippen LogP) is 3.38. The van der Waals surface area contributed by atoms with E-state index in [1.54, 1.807) is 0 Å². The zero-order chi connectivity index (χ0) is 21.3. The van der Waals surface area contributed by atoms with Gasteiger partial charge >= 0.3 is 0 Å². The Morgan fingerprint density at radius 2 is 1.93 bits per heavy atom. The third-order valence-corrected chi connectivity index (χ3v) is 5.76. The summed E-state index contributed by atoms with van der Waals surface area (Å²) in [6.07, 6.45) is 3.88. The van der Waals surface area contributed by atoms with Crippen LogP contribution in [-0.2, 0) is 24.8 Å². The Morgan fingerprint density at radius 3 is 2.77 bits per heavy atom. The van der Waals surface area contributed by atoms with E-state index >= 15 is 0 Å². The molecule has 0 saturated carbocycles.